The van der Waals surface area contributed by atoms with Crippen LogP contribution in [0.1, 0.15) is 49.5 Å². The van der Waals surface area contributed by atoms with Gasteiger partial charge in [-0.2, -0.15) is 0 Å². The first-order valence-electron chi connectivity index (χ1n) is 10.5. The Morgan fingerprint density at radius 1 is 1.19 bits per heavy atom. The van der Waals surface area contributed by atoms with E-state index in [0.29, 0.717) is 30.2 Å². The van der Waals surface area contributed by atoms with Gasteiger partial charge in [-0.3, -0.25) is 9.78 Å². The second kappa shape index (κ2) is 8.22. The van der Waals surface area contributed by atoms with Crippen molar-refractivity contribution in [3.63, 3.8) is 0 Å². The summed E-state index contributed by atoms with van der Waals surface area (Å²) in [5.41, 5.74) is 1.58. The van der Waals surface area contributed by atoms with Gasteiger partial charge in [-0.15, -0.1) is 11.3 Å². The SMILES string of the molecule is Cc1cc(Nc2nccc(C)n2)cc(-c2cnc([C@@]3(O)CC[C@H](C(=O)O)C(C)(C)C3)s2)n1. The molecule has 0 amide bonds. The van der Waals surface area contributed by atoms with Gasteiger partial charge in [0, 0.05) is 29.5 Å². The van der Waals surface area contributed by atoms with Gasteiger partial charge in [-0.1, -0.05) is 13.8 Å². The highest BCUT2D eigenvalue weighted by atomic mass is 32.1. The summed E-state index contributed by atoms with van der Waals surface area (Å²) in [5, 5.41) is 24.7. The average molecular weight is 454 g/mol. The summed E-state index contributed by atoms with van der Waals surface area (Å²) in [6.45, 7) is 7.62. The van der Waals surface area contributed by atoms with Crippen LogP contribution in [0.5, 0.6) is 0 Å². The Labute approximate surface area is 190 Å². The van der Waals surface area contributed by atoms with Crippen LogP contribution in [0.25, 0.3) is 10.6 Å². The summed E-state index contributed by atoms with van der Waals surface area (Å²) in [7, 11) is 0. The zero-order chi connectivity index (χ0) is 23.1. The third-order valence-corrected chi connectivity index (χ3v) is 7.21. The number of hydrogen-bond acceptors (Lipinski definition) is 8. The maximum absolute atomic E-state index is 11.6. The predicted octanol–water partition coefficient (Wildman–Crippen LogP) is 4.45. The van der Waals surface area contributed by atoms with E-state index in [4.69, 9.17) is 0 Å². The first-order chi connectivity index (χ1) is 15.1. The lowest BCUT2D eigenvalue weighted by molar-refractivity contribution is -0.154. The molecule has 0 aromatic carbocycles. The molecule has 1 saturated carbocycles. The summed E-state index contributed by atoms with van der Waals surface area (Å²) >= 11 is 1.40. The number of hydrogen-bond donors (Lipinski definition) is 3. The van der Waals surface area contributed by atoms with Crippen LogP contribution in [0.15, 0.2) is 30.6 Å². The topological polar surface area (TPSA) is 121 Å². The summed E-state index contributed by atoms with van der Waals surface area (Å²) in [4.78, 5) is 30.2. The Morgan fingerprint density at radius 2 is 1.97 bits per heavy atom. The molecule has 2 atom stereocenters. The molecule has 8 nitrogen and oxygen atoms in total. The van der Waals surface area contributed by atoms with Crippen LogP contribution in [-0.2, 0) is 10.4 Å². The Morgan fingerprint density at radius 3 is 2.66 bits per heavy atom. The van der Waals surface area contributed by atoms with E-state index in [1.807, 2.05) is 45.9 Å². The van der Waals surface area contributed by atoms with Crippen molar-refractivity contribution in [1.82, 2.24) is 19.9 Å². The van der Waals surface area contributed by atoms with Crippen LogP contribution in [0, 0.1) is 25.2 Å². The fourth-order valence-electron chi connectivity index (χ4n) is 4.49. The Balaban J connectivity index is 1.60. The molecule has 0 bridgehead atoms. The van der Waals surface area contributed by atoms with E-state index in [2.05, 4.69) is 25.3 Å². The smallest absolute Gasteiger partial charge is 0.307 e. The van der Waals surface area contributed by atoms with Crippen molar-refractivity contribution in [2.24, 2.45) is 11.3 Å². The Hall–Kier alpha value is -2.91. The molecule has 0 aliphatic heterocycles. The number of aliphatic hydroxyl groups is 1. The Kier molecular flexibility index (Phi) is 5.72. The molecule has 0 radical (unpaired) electrons. The van der Waals surface area contributed by atoms with Gasteiger partial charge in [-0.25, -0.2) is 15.0 Å². The molecule has 0 unspecified atom stereocenters. The molecule has 0 spiro atoms. The highest BCUT2D eigenvalue weighted by Gasteiger charge is 2.49. The second-order valence-electron chi connectivity index (χ2n) is 9.19. The van der Waals surface area contributed by atoms with E-state index in [0.717, 1.165) is 27.6 Å². The molecule has 4 rings (SSSR count). The third-order valence-electron chi connectivity index (χ3n) is 6.00. The van der Waals surface area contributed by atoms with E-state index < -0.39 is 22.9 Å². The number of carboxylic acids is 1. The van der Waals surface area contributed by atoms with Crippen LogP contribution in [0.4, 0.5) is 11.6 Å². The zero-order valence-electron chi connectivity index (χ0n) is 18.6. The fourth-order valence-corrected chi connectivity index (χ4v) is 5.48. The highest BCUT2D eigenvalue weighted by molar-refractivity contribution is 7.15. The van der Waals surface area contributed by atoms with Crippen molar-refractivity contribution in [2.45, 2.75) is 52.6 Å². The zero-order valence-corrected chi connectivity index (χ0v) is 19.4. The van der Waals surface area contributed by atoms with Gasteiger partial charge in [0.05, 0.1) is 16.5 Å². The van der Waals surface area contributed by atoms with Crippen LogP contribution in [0.3, 0.4) is 0 Å². The molecule has 3 aromatic heterocycles. The van der Waals surface area contributed by atoms with Crippen molar-refractivity contribution in [3.8, 4) is 10.6 Å². The van der Waals surface area contributed by atoms with E-state index in [1.165, 1.54) is 11.3 Å². The standard InChI is InChI=1S/C23H27N5O3S/c1-13-6-8-24-21(27-13)28-15-9-14(2)26-17(10-15)18-11-25-20(32-18)23(31)7-5-16(19(29)30)22(3,4)12-23/h6,8-11,16,31H,5,7,12H2,1-4H3,(H,29,30)(H,24,26,27,28)/t16-,23-/m1/s1. The predicted molar refractivity (Wildman–Crippen MR) is 123 cm³/mol. The molecule has 1 fully saturated rings. The maximum atomic E-state index is 11.6. The summed E-state index contributed by atoms with van der Waals surface area (Å²) in [6, 6.07) is 5.66. The van der Waals surface area contributed by atoms with Gasteiger partial charge in [-0.05, 0) is 56.7 Å². The first kappa shape index (κ1) is 22.3. The monoisotopic (exact) mass is 453 g/mol. The number of aliphatic carboxylic acids is 1. The summed E-state index contributed by atoms with van der Waals surface area (Å²) in [5.74, 6) is -0.769. The average Bonchev–Trinajstić information content (AvgIpc) is 3.17. The van der Waals surface area contributed by atoms with Crippen LogP contribution < -0.4 is 5.32 Å². The van der Waals surface area contributed by atoms with Crippen molar-refractivity contribution in [1.29, 1.82) is 0 Å². The molecule has 9 heteroatoms. The van der Waals surface area contributed by atoms with Crippen LogP contribution in [-0.4, -0.2) is 36.1 Å². The van der Waals surface area contributed by atoms with E-state index in [-0.39, 0.29) is 0 Å². The van der Waals surface area contributed by atoms with Crippen molar-refractivity contribution in [3.05, 3.63) is 47.0 Å². The first-order valence-corrected chi connectivity index (χ1v) is 11.3. The normalized spacial score (nSPS) is 22.5. The number of pyridine rings is 1. The van der Waals surface area contributed by atoms with Crippen LogP contribution in [0.2, 0.25) is 0 Å². The van der Waals surface area contributed by atoms with Crippen molar-refractivity contribution >= 4 is 28.9 Å². The van der Waals surface area contributed by atoms with Gasteiger partial charge in [0.2, 0.25) is 5.95 Å². The van der Waals surface area contributed by atoms with Gasteiger partial charge in [0.15, 0.2) is 0 Å². The number of nitrogens with one attached hydrogen (secondary N) is 1. The van der Waals surface area contributed by atoms with Gasteiger partial charge < -0.3 is 15.5 Å². The third kappa shape index (κ3) is 4.49. The molecule has 1 aliphatic carbocycles. The van der Waals surface area contributed by atoms with Crippen molar-refractivity contribution < 1.29 is 15.0 Å². The number of anilines is 2. The number of nitrogens with zero attached hydrogens (tertiary/aromatic N) is 4. The molecule has 1 aliphatic rings. The van der Waals surface area contributed by atoms with Crippen LogP contribution >= 0.6 is 11.3 Å². The summed E-state index contributed by atoms with van der Waals surface area (Å²) in [6.07, 6.45) is 4.57. The number of thiazole rings is 1. The van der Waals surface area contributed by atoms with E-state index >= 15 is 0 Å². The molecule has 0 saturated heterocycles. The van der Waals surface area contributed by atoms with Crippen molar-refractivity contribution in [2.75, 3.05) is 5.32 Å². The Bertz CT molecular complexity index is 1160. The molecule has 3 N–H and O–H groups in total. The number of aryl methyl sites for hydroxylation is 2. The minimum absolute atomic E-state index is 0.350. The largest absolute Gasteiger partial charge is 0.481 e. The van der Waals surface area contributed by atoms with E-state index in [1.54, 1.807) is 12.4 Å². The lowest BCUT2D eigenvalue weighted by Crippen LogP contribution is -2.44. The fraction of sp³-hybridized carbons (Fsp3) is 0.435. The number of carboxylic acid groups (broad SMARTS) is 1. The molecular weight excluding hydrogens is 426 g/mol. The maximum Gasteiger partial charge on any atom is 0.307 e. The molecule has 3 aromatic rings. The lowest BCUT2D eigenvalue weighted by atomic mass is 9.63. The molecule has 3 heterocycles. The quantitative estimate of drug-likeness (QED) is 0.518. The number of aromatic nitrogens is 4. The second-order valence-corrected chi connectivity index (χ2v) is 10.2. The summed E-state index contributed by atoms with van der Waals surface area (Å²) < 4.78 is 0. The number of carbonyl (C=O) groups is 1. The highest BCUT2D eigenvalue weighted by Crippen LogP contribution is 2.50. The minimum Gasteiger partial charge on any atom is -0.481 e. The lowest BCUT2D eigenvalue weighted by Gasteiger charge is -2.44. The molecule has 168 valence electrons. The van der Waals surface area contributed by atoms with Gasteiger partial charge in [0.25, 0.3) is 0 Å². The van der Waals surface area contributed by atoms with Gasteiger partial charge in [0.1, 0.15) is 10.6 Å². The van der Waals surface area contributed by atoms with Gasteiger partial charge >= 0.3 is 5.97 Å². The van der Waals surface area contributed by atoms with E-state index in [9.17, 15) is 15.0 Å². The minimum atomic E-state index is -1.14. The molecular formula is C23H27N5O3S. The molecule has 32 heavy (non-hydrogen) atoms. The number of rotatable bonds is 5.